The number of hydrogen-bond acceptors (Lipinski definition) is 1. The maximum atomic E-state index is 3.71. The largest absolute Gasteiger partial charge is 0.320 e. The van der Waals surface area contributed by atoms with E-state index in [9.17, 15) is 0 Å². The van der Waals surface area contributed by atoms with Gasteiger partial charge >= 0.3 is 0 Å². The zero-order chi connectivity index (χ0) is 7.82. The lowest BCUT2D eigenvalue weighted by Crippen LogP contribution is -2.08. The highest BCUT2D eigenvalue weighted by Crippen LogP contribution is 2.09. The van der Waals surface area contributed by atoms with E-state index in [4.69, 9.17) is 0 Å². The molecular weight excluding hydrogens is 122 g/mol. The molecule has 0 bridgehead atoms. The van der Waals surface area contributed by atoms with E-state index in [2.05, 4.69) is 18.8 Å². The number of allylic oxidation sites excluding steroid dienone is 1. The Labute approximate surface area is 64.5 Å². The standard InChI is InChI=1S/C9H19N/c1-4-6-9(2)7-5-8-10-3/h4,9-10H,1,5-8H2,2-3H3. The van der Waals surface area contributed by atoms with Gasteiger partial charge in [-0.3, -0.25) is 0 Å². The van der Waals surface area contributed by atoms with Crippen LogP contribution in [0.25, 0.3) is 0 Å². The van der Waals surface area contributed by atoms with Crippen LogP contribution in [-0.2, 0) is 0 Å². The van der Waals surface area contributed by atoms with E-state index < -0.39 is 0 Å². The van der Waals surface area contributed by atoms with Gasteiger partial charge < -0.3 is 5.32 Å². The normalized spacial score (nSPS) is 13.0. The Morgan fingerprint density at radius 1 is 1.60 bits per heavy atom. The molecule has 0 fully saturated rings. The summed E-state index contributed by atoms with van der Waals surface area (Å²) in [5.74, 6) is 0.811. The molecule has 0 saturated carbocycles. The fourth-order valence-electron chi connectivity index (χ4n) is 1.03. The van der Waals surface area contributed by atoms with Crippen molar-refractivity contribution in [2.75, 3.05) is 13.6 Å². The molecule has 0 aliphatic carbocycles. The highest BCUT2D eigenvalue weighted by Gasteiger charge is 1.96. The van der Waals surface area contributed by atoms with Gasteiger partial charge in [0.15, 0.2) is 0 Å². The quantitative estimate of drug-likeness (QED) is 0.441. The van der Waals surface area contributed by atoms with Gasteiger partial charge in [0.2, 0.25) is 0 Å². The van der Waals surface area contributed by atoms with Gasteiger partial charge in [-0.2, -0.15) is 0 Å². The molecule has 1 nitrogen and oxygen atoms in total. The molecule has 0 amide bonds. The molecule has 1 N–H and O–H groups in total. The molecule has 1 unspecified atom stereocenters. The van der Waals surface area contributed by atoms with E-state index in [0.717, 1.165) is 18.9 Å². The zero-order valence-electron chi connectivity index (χ0n) is 7.19. The van der Waals surface area contributed by atoms with Crippen molar-refractivity contribution in [3.05, 3.63) is 12.7 Å². The molecular formula is C9H19N. The van der Waals surface area contributed by atoms with Crippen LogP contribution in [0.5, 0.6) is 0 Å². The van der Waals surface area contributed by atoms with E-state index in [1.54, 1.807) is 0 Å². The van der Waals surface area contributed by atoms with Crippen molar-refractivity contribution < 1.29 is 0 Å². The maximum Gasteiger partial charge on any atom is -0.00518 e. The Morgan fingerprint density at radius 2 is 2.30 bits per heavy atom. The van der Waals surface area contributed by atoms with Gasteiger partial charge in [-0.15, -0.1) is 6.58 Å². The minimum atomic E-state index is 0.811. The lowest BCUT2D eigenvalue weighted by molar-refractivity contribution is 0.508. The number of rotatable bonds is 6. The van der Waals surface area contributed by atoms with Gasteiger partial charge in [-0.05, 0) is 38.8 Å². The summed E-state index contributed by atoms with van der Waals surface area (Å²) in [4.78, 5) is 0. The van der Waals surface area contributed by atoms with E-state index in [1.807, 2.05) is 13.1 Å². The van der Waals surface area contributed by atoms with Crippen LogP contribution in [-0.4, -0.2) is 13.6 Å². The second-order valence-corrected chi connectivity index (χ2v) is 2.88. The first-order chi connectivity index (χ1) is 4.81. The fraction of sp³-hybridized carbons (Fsp3) is 0.778. The molecule has 0 radical (unpaired) electrons. The zero-order valence-corrected chi connectivity index (χ0v) is 7.19. The Bertz CT molecular complexity index is 78.8. The molecule has 0 aliphatic heterocycles. The first-order valence-corrected chi connectivity index (χ1v) is 4.06. The van der Waals surface area contributed by atoms with Gasteiger partial charge in [0.25, 0.3) is 0 Å². The van der Waals surface area contributed by atoms with E-state index >= 15 is 0 Å². The Morgan fingerprint density at radius 3 is 2.80 bits per heavy atom. The molecule has 0 aliphatic rings. The summed E-state index contributed by atoms with van der Waals surface area (Å²) in [6, 6.07) is 0. The molecule has 0 spiro atoms. The molecule has 1 heteroatoms. The topological polar surface area (TPSA) is 12.0 Å². The minimum absolute atomic E-state index is 0.811. The molecule has 0 rings (SSSR count). The lowest BCUT2D eigenvalue weighted by Gasteiger charge is -2.06. The third-order valence-electron chi connectivity index (χ3n) is 1.69. The van der Waals surface area contributed by atoms with Crippen molar-refractivity contribution in [3.63, 3.8) is 0 Å². The van der Waals surface area contributed by atoms with Crippen LogP contribution in [0.1, 0.15) is 26.2 Å². The Kier molecular flexibility index (Phi) is 6.61. The monoisotopic (exact) mass is 141 g/mol. The molecule has 0 aromatic heterocycles. The van der Waals surface area contributed by atoms with Crippen LogP contribution in [0.2, 0.25) is 0 Å². The van der Waals surface area contributed by atoms with Crippen LogP contribution in [0.4, 0.5) is 0 Å². The summed E-state index contributed by atoms with van der Waals surface area (Å²) in [5, 5.41) is 3.14. The van der Waals surface area contributed by atoms with Gasteiger partial charge in [0.05, 0.1) is 0 Å². The smallest absolute Gasteiger partial charge is 0.00518 e. The van der Waals surface area contributed by atoms with Crippen LogP contribution in [0, 0.1) is 5.92 Å². The maximum absolute atomic E-state index is 3.71. The summed E-state index contributed by atoms with van der Waals surface area (Å²) in [7, 11) is 2.00. The summed E-state index contributed by atoms with van der Waals surface area (Å²) in [6.07, 6.45) is 5.76. The van der Waals surface area contributed by atoms with E-state index in [0.29, 0.717) is 0 Å². The first kappa shape index (κ1) is 9.70. The Balaban J connectivity index is 3.04. The number of nitrogens with one attached hydrogen (secondary N) is 1. The summed E-state index contributed by atoms with van der Waals surface area (Å²) >= 11 is 0. The van der Waals surface area contributed by atoms with Crippen LogP contribution in [0.3, 0.4) is 0 Å². The second kappa shape index (κ2) is 6.81. The molecule has 60 valence electrons. The molecule has 0 saturated heterocycles. The van der Waals surface area contributed by atoms with Gasteiger partial charge in [-0.25, -0.2) is 0 Å². The average Bonchev–Trinajstić information content (AvgIpc) is 1.89. The van der Waals surface area contributed by atoms with Crippen molar-refractivity contribution in [3.8, 4) is 0 Å². The highest BCUT2D eigenvalue weighted by molar-refractivity contribution is 4.70. The molecule has 0 heterocycles. The molecule has 1 atom stereocenters. The van der Waals surface area contributed by atoms with E-state index in [-0.39, 0.29) is 0 Å². The SMILES string of the molecule is C=CCC(C)CCCNC. The fourth-order valence-corrected chi connectivity index (χ4v) is 1.03. The van der Waals surface area contributed by atoms with Crippen LogP contribution >= 0.6 is 0 Å². The molecule has 0 aromatic carbocycles. The highest BCUT2D eigenvalue weighted by atomic mass is 14.8. The Hall–Kier alpha value is -0.300. The van der Waals surface area contributed by atoms with Crippen molar-refractivity contribution in [1.82, 2.24) is 5.32 Å². The minimum Gasteiger partial charge on any atom is -0.320 e. The first-order valence-electron chi connectivity index (χ1n) is 4.06. The summed E-state index contributed by atoms with van der Waals surface area (Å²) < 4.78 is 0. The van der Waals surface area contributed by atoms with Gasteiger partial charge in [0, 0.05) is 0 Å². The van der Waals surface area contributed by atoms with Crippen LogP contribution < -0.4 is 5.32 Å². The second-order valence-electron chi connectivity index (χ2n) is 2.88. The third kappa shape index (κ3) is 5.83. The molecule has 10 heavy (non-hydrogen) atoms. The van der Waals surface area contributed by atoms with Crippen LogP contribution in [0.15, 0.2) is 12.7 Å². The predicted molar refractivity (Wildman–Crippen MR) is 47.1 cm³/mol. The third-order valence-corrected chi connectivity index (χ3v) is 1.69. The summed E-state index contributed by atoms with van der Waals surface area (Å²) in [6.45, 7) is 7.13. The average molecular weight is 141 g/mol. The molecule has 0 aromatic rings. The van der Waals surface area contributed by atoms with Gasteiger partial charge in [0.1, 0.15) is 0 Å². The van der Waals surface area contributed by atoms with Crippen molar-refractivity contribution in [2.24, 2.45) is 5.92 Å². The predicted octanol–water partition coefficient (Wildman–Crippen LogP) is 2.20. The van der Waals surface area contributed by atoms with E-state index in [1.165, 1.54) is 12.8 Å². The van der Waals surface area contributed by atoms with Gasteiger partial charge in [-0.1, -0.05) is 13.0 Å². The van der Waals surface area contributed by atoms with Crippen molar-refractivity contribution in [1.29, 1.82) is 0 Å². The summed E-state index contributed by atoms with van der Waals surface area (Å²) in [5.41, 5.74) is 0. The van der Waals surface area contributed by atoms with Crippen molar-refractivity contribution >= 4 is 0 Å². The lowest BCUT2D eigenvalue weighted by atomic mass is 10.0. The number of hydrogen-bond donors (Lipinski definition) is 1. The van der Waals surface area contributed by atoms with Crippen molar-refractivity contribution in [2.45, 2.75) is 26.2 Å².